The molecule has 175 valence electrons. The second-order valence-corrected chi connectivity index (χ2v) is 10.7. The molecule has 0 saturated carbocycles. The molecule has 0 N–H and O–H groups in total. The van der Waals surface area contributed by atoms with Crippen molar-refractivity contribution in [3.63, 3.8) is 0 Å². The zero-order valence-corrected chi connectivity index (χ0v) is 20.9. The number of rotatable bonds is 3. The van der Waals surface area contributed by atoms with Crippen LogP contribution in [0.2, 0.25) is 0 Å². The van der Waals surface area contributed by atoms with Gasteiger partial charge >= 0.3 is 0 Å². The third-order valence-electron chi connectivity index (χ3n) is 8.77. The maximum absolute atomic E-state index is 2.41. The maximum Gasteiger partial charge on any atom is 0.0214 e. The van der Waals surface area contributed by atoms with E-state index < -0.39 is 0 Å². The first-order chi connectivity index (χ1) is 18.3. The Morgan fingerprint density at radius 3 is 1.86 bits per heavy atom. The topological polar surface area (TPSA) is 0 Å². The number of hydrogen-bond donors (Lipinski definition) is 0. The largest absolute Gasteiger partial charge is 0.0619 e. The minimum Gasteiger partial charge on any atom is -0.0619 e. The Kier molecular flexibility index (Phi) is 4.49. The van der Waals surface area contributed by atoms with Crippen molar-refractivity contribution in [1.82, 2.24) is 0 Å². The van der Waals surface area contributed by atoms with Crippen molar-refractivity contribution in [2.45, 2.75) is 25.2 Å². The summed E-state index contributed by atoms with van der Waals surface area (Å²) in [6.07, 6.45) is 3.48. The van der Waals surface area contributed by atoms with Crippen LogP contribution in [0.1, 0.15) is 46.6 Å². The van der Waals surface area contributed by atoms with Gasteiger partial charge in [0, 0.05) is 6.42 Å². The van der Waals surface area contributed by atoms with Crippen molar-refractivity contribution in [3.05, 3.63) is 149 Å². The van der Waals surface area contributed by atoms with Gasteiger partial charge in [0.25, 0.3) is 0 Å². The third kappa shape index (κ3) is 3.15. The maximum atomic E-state index is 2.41. The van der Waals surface area contributed by atoms with Gasteiger partial charge in [0.1, 0.15) is 0 Å². The molecular weight excluding hydrogens is 444 g/mol. The van der Waals surface area contributed by atoms with E-state index in [9.17, 15) is 0 Å². The Morgan fingerprint density at radius 1 is 0.541 bits per heavy atom. The molecule has 2 aliphatic carbocycles. The van der Waals surface area contributed by atoms with Gasteiger partial charge in [0.05, 0.1) is 0 Å². The summed E-state index contributed by atoms with van der Waals surface area (Å²) in [7, 11) is 0. The SMILES string of the molecule is CC1c2ccccc2-c2ccccc2C1Cc1ccc(-c2c3ccccc3cc3ccccc23)c2c1[CH]2. The molecule has 8 rings (SSSR count). The van der Waals surface area contributed by atoms with Crippen LogP contribution in [0.3, 0.4) is 0 Å². The summed E-state index contributed by atoms with van der Waals surface area (Å²) in [6.45, 7) is 2.41. The van der Waals surface area contributed by atoms with E-state index in [2.05, 4.69) is 129 Å². The molecule has 2 unspecified atom stereocenters. The van der Waals surface area contributed by atoms with Crippen LogP contribution in [0.4, 0.5) is 0 Å². The van der Waals surface area contributed by atoms with Gasteiger partial charge in [-0.3, -0.25) is 0 Å². The van der Waals surface area contributed by atoms with Crippen LogP contribution in [0.5, 0.6) is 0 Å². The Bertz CT molecular complexity index is 1800. The van der Waals surface area contributed by atoms with Gasteiger partial charge in [-0.25, -0.2) is 0 Å². The average molecular weight is 472 g/mol. The van der Waals surface area contributed by atoms with Gasteiger partial charge in [-0.1, -0.05) is 116 Å². The van der Waals surface area contributed by atoms with Crippen LogP contribution < -0.4 is 0 Å². The second kappa shape index (κ2) is 7.92. The van der Waals surface area contributed by atoms with Crippen LogP contribution in [-0.4, -0.2) is 0 Å². The van der Waals surface area contributed by atoms with Crippen molar-refractivity contribution >= 4 is 21.5 Å². The Hall–Kier alpha value is -4.16. The highest BCUT2D eigenvalue weighted by molar-refractivity contribution is 6.14. The van der Waals surface area contributed by atoms with Crippen LogP contribution >= 0.6 is 0 Å². The summed E-state index contributed by atoms with van der Waals surface area (Å²) in [5.41, 5.74) is 12.9. The summed E-state index contributed by atoms with van der Waals surface area (Å²) < 4.78 is 0. The molecule has 6 aromatic rings. The van der Waals surface area contributed by atoms with E-state index in [1.54, 1.807) is 0 Å². The van der Waals surface area contributed by atoms with Crippen LogP contribution in [0.15, 0.2) is 115 Å². The van der Waals surface area contributed by atoms with E-state index in [1.807, 2.05) is 0 Å². The molecule has 0 fully saturated rings. The summed E-state index contributed by atoms with van der Waals surface area (Å²) >= 11 is 0. The zero-order valence-electron chi connectivity index (χ0n) is 20.9. The van der Waals surface area contributed by atoms with Crippen LogP contribution in [0.25, 0.3) is 43.8 Å². The molecule has 6 aromatic carbocycles. The molecule has 37 heavy (non-hydrogen) atoms. The fraction of sp³-hybridized carbons (Fsp3) is 0.108. The molecule has 0 aliphatic heterocycles. The number of benzene rings is 6. The summed E-state index contributed by atoms with van der Waals surface area (Å²) in [5, 5.41) is 5.28. The molecule has 1 radical (unpaired) electrons. The lowest BCUT2D eigenvalue weighted by atomic mass is 9.70. The van der Waals surface area contributed by atoms with Crippen LogP contribution in [0, 0.1) is 6.42 Å². The molecule has 0 aromatic heterocycles. The molecule has 0 heteroatoms. The van der Waals surface area contributed by atoms with E-state index >= 15 is 0 Å². The third-order valence-corrected chi connectivity index (χ3v) is 8.77. The lowest BCUT2D eigenvalue weighted by Crippen LogP contribution is -2.17. The Morgan fingerprint density at radius 2 is 1.14 bits per heavy atom. The molecular formula is C37H27. The fourth-order valence-corrected chi connectivity index (χ4v) is 6.87. The highest BCUT2D eigenvalue weighted by Crippen LogP contribution is 2.51. The minimum absolute atomic E-state index is 0.480. The van der Waals surface area contributed by atoms with E-state index in [0.29, 0.717) is 11.8 Å². The lowest BCUT2D eigenvalue weighted by molar-refractivity contribution is 0.566. The van der Waals surface area contributed by atoms with E-state index in [-0.39, 0.29) is 0 Å². The molecule has 0 spiro atoms. The predicted molar refractivity (Wildman–Crippen MR) is 156 cm³/mol. The number of fused-ring (bicyclic) bond motifs is 6. The molecule has 0 heterocycles. The smallest absolute Gasteiger partial charge is 0.0214 e. The number of hydrogen-bond acceptors (Lipinski definition) is 0. The predicted octanol–water partition coefficient (Wildman–Crippen LogP) is 9.68. The standard InChI is InChI=1S/C37H27/c1-23-27-12-6-7-15-30(27)31-16-8-9-17-32(31)34(23)21-26-18-19-33(36-22-35(26)36)37-28-13-4-2-10-24(28)20-25-11-3-5-14-29(25)37/h2-20,22-23,34H,21H2,1H3. The molecule has 0 bridgehead atoms. The Labute approximate surface area is 218 Å². The molecule has 0 nitrogen and oxygen atoms in total. The first kappa shape index (κ1) is 21.0. The first-order valence-corrected chi connectivity index (χ1v) is 13.4. The molecule has 2 aliphatic rings. The van der Waals surface area contributed by atoms with Gasteiger partial charge in [0.2, 0.25) is 0 Å². The fourth-order valence-electron chi connectivity index (χ4n) is 6.87. The van der Waals surface area contributed by atoms with Gasteiger partial charge in [0.15, 0.2) is 0 Å². The van der Waals surface area contributed by atoms with Crippen LogP contribution in [-0.2, 0) is 6.42 Å². The molecule has 2 atom stereocenters. The average Bonchev–Trinajstić information content (AvgIpc) is 3.76. The van der Waals surface area contributed by atoms with Crippen molar-refractivity contribution in [2.75, 3.05) is 0 Å². The Balaban J connectivity index is 1.24. The highest BCUT2D eigenvalue weighted by Gasteiger charge is 2.34. The second-order valence-electron chi connectivity index (χ2n) is 10.7. The van der Waals surface area contributed by atoms with Gasteiger partial charge in [-0.2, -0.15) is 0 Å². The van der Waals surface area contributed by atoms with Crippen molar-refractivity contribution < 1.29 is 0 Å². The van der Waals surface area contributed by atoms with Gasteiger partial charge in [-0.05, 0) is 95.9 Å². The summed E-state index contributed by atoms with van der Waals surface area (Å²) in [6, 6.07) is 42.8. The van der Waals surface area contributed by atoms with E-state index in [0.717, 1.165) is 6.42 Å². The van der Waals surface area contributed by atoms with E-state index in [4.69, 9.17) is 0 Å². The van der Waals surface area contributed by atoms with Gasteiger partial charge in [-0.15, -0.1) is 0 Å². The monoisotopic (exact) mass is 471 g/mol. The summed E-state index contributed by atoms with van der Waals surface area (Å²) in [4.78, 5) is 0. The lowest BCUT2D eigenvalue weighted by Gasteiger charge is -2.34. The van der Waals surface area contributed by atoms with Crippen molar-refractivity contribution in [3.8, 4) is 22.3 Å². The zero-order chi connectivity index (χ0) is 24.5. The van der Waals surface area contributed by atoms with Crippen molar-refractivity contribution in [1.29, 1.82) is 0 Å². The molecule has 0 saturated heterocycles. The normalized spacial score (nSPS) is 17.3. The quantitative estimate of drug-likeness (QED) is 0.225. The van der Waals surface area contributed by atoms with E-state index in [1.165, 1.54) is 71.6 Å². The molecule has 0 amide bonds. The minimum atomic E-state index is 0.480. The van der Waals surface area contributed by atoms with Crippen molar-refractivity contribution in [2.24, 2.45) is 0 Å². The van der Waals surface area contributed by atoms with Gasteiger partial charge < -0.3 is 0 Å². The highest BCUT2D eigenvalue weighted by atomic mass is 14.4. The summed E-state index contributed by atoms with van der Waals surface area (Å²) in [5.74, 6) is 0.968. The first-order valence-electron chi connectivity index (χ1n) is 13.4.